The van der Waals surface area contributed by atoms with Gasteiger partial charge < -0.3 is 9.15 Å². The van der Waals surface area contributed by atoms with Crippen molar-refractivity contribution in [1.82, 2.24) is 0 Å². The van der Waals surface area contributed by atoms with Crippen molar-refractivity contribution in [3.8, 4) is 11.5 Å². The van der Waals surface area contributed by atoms with Gasteiger partial charge in [-0.2, -0.15) is 0 Å². The summed E-state index contributed by atoms with van der Waals surface area (Å²) in [7, 11) is 0. The third kappa shape index (κ3) is 2.51. The number of halogens is 1. The van der Waals surface area contributed by atoms with Crippen LogP contribution in [0.2, 0.25) is 0 Å². The summed E-state index contributed by atoms with van der Waals surface area (Å²) in [5.41, 5.74) is 8.12. The van der Waals surface area contributed by atoms with Crippen molar-refractivity contribution in [1.29, 1.82) is 0 Å². The molecule has 36 heavy (non-hydrogen) atoms. The average Bonchev–Trinajstić information content (AvgIpc) is 3.24. The van der Waals surface area contributed by atoms with Crippen LogP contribution in [0.1, 0.15) is 33.4 Å². The highest BCUT2D eigenvalue weighted by molar-refractivity contribution is 9.10. The number of furan rings is 1. The van der Waals surface area contributed by atoms with E-state index < -0.39 is 5.41 Å². The molecular weight excluding hydrogens is 508 g/mol. The summed E-state index contributed by atoms with van der Waals surface area (Å²) in [5, 5.41) is 2.16. The molecule has 1 unspecified atom stereocenters. The molecule has 170 valence electrons. The second-order valence-electron chi connectivity index (χ2n) is 9.42. The van der Waals surface area contributed by atoms with Gasteiger partial charge in [-0.25, -0.2) is 0 Å². The number of rotatable bonds is 0. The normalized spacial score (nSPS) is 17.2. The van der Waals surface area contributed by atoms with E-state index in [9.17, 15) is 0 Å². The molecule has 1 atom stereocenters. The van der Waals surface area contributed by atoms with Gasteiger partial charge in [-0.3, -0.25) is 0 Å². The first-order valence-corrected chi connectivity index (χ1v) is 12.8. The average molecular weight is 527 g/mol. The molecule has 0 bridgehead atoms. The second kappa shape index (κ2) is 7.22. The molecule has 1 aliphatic carbocycles. The largest absolute Gasteiger partial charge is 0.453 e. The predicted molar refractivity (Wildman–Crippen MR) is 149 cm³/mol. The van der Waals surface area contributed by atoms with Crippen LogP contribution in [-0.2, 0) is 5.41 Å². The minimum Gasteiger partial charge on any atom is -0.453 e. The lowest BCUT2D eigenvalue weighted by Crippen LogP contribution is -2.35. The van der Waals surface area contributed by atoms with Gasteiger partial charge in [0.05, 0.1) is 5.41 Å². The lowest BCUT2D eigenvalue weighted by atomic mass is 9.62. The molecule has 5 aromatic carbocycles. The monoisotopic (exact) mass is 526 g/mol. The molecule has 0 saturated heterocycles. The first-order chi connectivity index (χ1) is 17.7. The highest BCUT2D eigenvalue weighted by Crippen LogP contribution is 2.59. The van der Waals surface area contributed by atoms with E-state index >= 15 is 0 Å². The van der Waals surface area contributed by atoms with Crippen LogP contribution in [0.15, 0.2) is 112 Å². The lowest BCUT2D eigenvalue weighted by Gasteiger charge is -2.42. The zero-order chi connectivity index (χ0) is 23.9. The number of ether oxygens (including phenoxy) is 1. The molecular formula is C33H19BrO2. The van der Waals surface area contributed by atoms with E-state index in [2.05, 4.69) is 113 Å². The molecule has 2 nitrogen and oxygen atoms in total. The van der Waals surface area contributed by atoms with Crippen molar-refractivity contribution in [2.24, 2.45) is 0 Å². The highest BCUT2D eigenvalue weighted by atomic mass is 79.9. The summed E-state index contributed by atoms with van der Waals surface area (Å²) < 4.78 is 14.3. The number of para-hydroxylation sites is 2. The Labute approximate surface area is 216 Å². The Balaban J connectivity index is 1.61. The quantitative estimate of drug-likeness (QED) is 0.196. The van der Waals surface area contributed by atoms with Crippen LogP contribution in [0.3, 0.4) is 0 Å². The van der Waals surface area contributed by atoms with E-state index in [1.807, 2.05) is 18.2 Å². The van der Waals surface area contributed by atoms with Gasteiger partial charge in [-0.05, 0) is 52.6 Å². The van der Waals surface area contributed by atoms with Gasteiger partial charge in [-0.1, -0.05) is 101 Å². The van der Waals surface area contributed by atoms with Crippen molar-refractivity contribution in [3.05, 3.63) is 141 Å². The number of benzene rings is 5. The summed E-state index contributed by atoms with van der Waals surface area (Å²) in [6.07, 6.45) is 4.46. The minimum atomic E-state index is -0.576. The zero-order valence-electron chi connectivity index (χ0n) is 19.2. The highest BCUT2D eigenvalue weighted by Gasteiger charge is 2.48. The fourth-order valence-corrected chi connectivity index (χ4v) is 6.56. The Morgan fingerprint density at radius 1 is 0.583 bits per heavy atom. The Hall–Kier alpha value is -4.08. The van der Waals surface area contributed by atoms with Crippen molar-refractivity contribution in [3.63, 3.8) is 0 Å². The van der Waals surface area contributed by atoms with Gasteiger partial charge in [0.1, 0.15) is 11.3 Å². The van der Waals surface area contributed by atoms with E-state index in [4.69, 9.17) is 9.15 Å². The van der Waals surface area contributed by atoms with Gasteiger partial charge in [0.25, 0.3) is 0 Å². The Morgan fingerprint density at radius 2 is 1.31 bits per heavy atom. The first-order valence-electron chi connectivity index (χ1n) is 12.0. The van der Waals surface area contributed by atoms with Crippen molar-refractivity contribution in [2.75, 3.05) is 0 Å². The van der Waals surface area contributed by atoms with Crippen LogP contribution in [0.4, 0.5) is 0 Å². The Bertz CT molecular complexity index is 1890. The second-order valence-corrected chi connectivity index (χ2v) is 10.3. The minimum absolute atomic E-state index is 0.576. The smallest absolute Gasteiger partial charge is 0.178 e. The Morgan fingerprint density at radius 3 is 2.25 bits per heavy atom. The van der Waals surface area contributed by atoms with E-state index in [-0.39, 0.29) is 0 Å². The van der Waals surface area contributed by atoms with E-state index in [1.165, 1.54) is 22.3 Å². The lowest BCUT2D eigenvalue weighted by molar-refractivity contribution is 0.431. The molecule has 1 spiro atoms. The standard InChI is InChI=1S/C33H19BrO2/c34-22-15-17-26-21(19-22)14-13-20-7-1-3-9-25(20)33(26)27-10-4-6-12-30(27)36-32-28(33)18-16-24-23-8-2-5-11-29(23)35-31(24)32/h1-19H. The maximum absolute atomic E-state index is 6.72. The fraction of sp³-hybridized carbons (Fsp3) is 0.0303. The number of hydrogen-bond acceptors (Lipinski definition) is 2. The molecule has 1 aliphatic heterocycles. The fourth-order valence-electron chi connectivity index (χ4n) is 6.18. The van der Waals surface area contributed by atoms with Gasteiger partial charge >= 0.3 is 0 Å². The van der Waals surface area contributed by atoms with Gasteiger partial charge in [-0.15, -0.1) is 0 Å². The molecule has 6 aromatic rings. The molecule has 0 fully saturated rings. The molecule has 8 rings (SSSR count). The SMILES string of the molecule is Brc1ccc2c(c1)C=Cc1ccccc1C21c2ccccc2Oc2c1ccc1c2oc2ccccc21. The van der Waals surface area contributed by atoms with Crippen LogP contribution in [0, 0.1) is 0 Å². The van der Waals surface area contributed by atoms with Crippen LogP contribution in [0.25, 0.3) is 34.1 Å². The molecule has 0 radical (unpaired) electrons. The van der Waals surface area contributed by atoms with Crippen molar-refractivity contribution < 1.29 is 9.15 Å². The topological polar surface area (TPSA) is 22.4 Å². The van der Waals surface area contributed by atoms with Gasteiger partial charge in [0, 0.05) is 26.4 Å². The van der Waals surface area contributed by atoms with E-state index in [0.29, 0.717) is 0 Å². The van der Waals surface area contributed by atoms with Crippen LogP contribution >= 0.6 is 15.9 Å². The maximum atomic E-state index is 6.72. The van der Waals surface area contributed by atoms with Gasteiger partial charge in [0.15, 0.2) is 11.3 Å². The summed E-state index contributed by atoms with van der Waals surface area (Å²) in [6, 6.07) is 36.3. The van der Waals surface area contributed by atoms with Gasteiger partial charge in [0.2, 0.25) is 0 Å². The first kappa shape index (κ1) is 20.1. The third-order valence-electron chi connectivity index (χ3n) is 7.63. The van der Waals surface area contributed by atoms with Crippen LogP contribution in [0.5, 0.6) is 11.5 Å². The van der Waals surface area contributed by atoms with Crippen LogP contribution in [-0.4, -0.2) is 0 Å². The Kier molecular flexibility index (Phi) is 4.04. The zero-order valence-corrected chi connectivity index (χ0v) is 20.8. The summed E-state index contributed by atoms with van der Waals surface area (Å²) in [4.78, 5) is 0. The molecule has 0 saturated carbocycles. The van der Waals surface area contributed by atoms with E-state index in [1.54, 1.807) is 0 Å². The van der Waals surface area contributed by atoms with E-state index in [0.717, 1.165) is 49.0 Å². The number of fused-ring (bicyclic) bond motifs is 12. The van der Waals surface area contributed by atoms with Crippen molar-refractivity contribution in [2.45, 2.75) is 5.41 Å². The number of hydrogen-bond donors (Lipinski definition) is 0. The van der Waals surface area contributed by atoms with Crippen LogP contribution < -0.4 is 4.74 Å². The summed E-state index contributed by atoms with van der Waals surface area (Å²) >= 11 is 3.71. The summed E-state index contributed by atoms with van der Waals surface area (Å²) in [5.74, 6) is 1.64. The molecule has 2 heterocycles. The molecule has 2 aliphatic rings. The maximum Gasteiger partial charge on any atom is 0.178 e. The molecule has 0 amide bonds. The molecule has 1 aromatic heterocycles. The molecule has 0 N–H and O–H groups in total. The molecule has 3 heteroatoms. The predicted octanol–water partition coefficient (Wildman–Crippen LogP) is 9.32. The third-order valence-corrected chi connectivity index (χ3v) is 8.13. The summed E-state index contributed by atoms with van der Waals surface area (Å²) in [6.45, 7) is 0. The van der Waals surface area contributed by atoms with Crippen molar-refractivity contribution >= 4 is 50.0 Å².